The van der Waals surface area contributed by atoms with Crippen LogP contribution in [0.15, 0.2) is 35.2 Å². The molecule has 0 atom stereocenters. The van der Waals surface area contributed by atoms with Crippen LogP contribution in [0.5, 0.6) is 0 Å². The number of nitriles is 1. The number of carbonyl (C=O) groups excluding carboxylic acids is 1. The molecule has 118 valence electrons. The second-order valence-corrected chi connectivity index (χ2v) is 6.29. The van der Waals surface area contributed by atoms with E-state index in [9.17, 15) is 4.79 Å². The molecule has 0 spiro atoms. The summed E-state index contributed by atoms with van der Waals surface area (Å²) in [5.74, 6) is 1.03. The summed E-state index contributed by atoms with van der Waals surface area (Å²) in [6.07, 6.45) is 3.04. The second-order valence-electron chi connectivity index (χ2n) is 5.51. The van der Waals surface area contributed by atoms with Crippen molar-refractivity contribution in [2.75, 3.05) is 31.1 Å². The summed E-state index contributed by atoms with van der Waals surface area (Å²) < 4.78 is 0. The van der Waals surface area contributed by atoms with E-state index in [2.05, 4.69) is 27.4 Å². The van der Waals surface area contributed by atoms with Gasteiger partial charge in [-0.1, -0.05) is 0 Å². The van der Waals surface area contributed by atoms with E-state index in [0.717, 1.165) is 25.3 Å². The van der Waals surface area contributed by atoms with Crippen molar-refractivity contribution in [3.05, 3.63) is 46.3 Å². The topological polar surface area (TPSA) is 60.2 Å². The molecule has 0 radical (unpaired) electrons. The quantitative estimate of drug-likeness (QED) is 0.865. The van der Waals surface area contributed by atoms with Gasteiger partial charge in [-0.3, -0.25) is 4.79 Å². The fourth-order valence-corrected chi connectivity index (χ4v) is 3.39. The number of thiophene rings is 1. The van der Waals surface area contributed by atoms with Gasteiger partial charge in [-0.05, 0) is 40.9 Å². The highest BCUT2D eigenvalue weighted by Gasteiger charge is 2.21. The third-order valence-corrected chi connectivity index (χ3v) is 4.77. The Balaban J connectivity index is 1.51. The fraction of sp³-hybridized carbons (Fsp3) is 0.353. The Morgan fingerprint density at radius 2 is 2.13 bits per heavy atom. The summed E-state index contributed by atoms with van der Waals surface area (Å²) in [4.78, 5) is 20.7. The van der Waals surface area contributed by atoms with Gasteiger partial charge in [-0.2, -0.15) is 16.6 Å². The smallest absolute Gasteiger partial charge is 0.223 e. The van der Waals surface area contributed by atoms with Crippen molar-refractivity contribution in [3.8, 4) is 6.07 Å². The number of piperazine rings is 1. The van der Waals surface area contributed by atoms with E-state index >= 15 is 0 Å². The number of hydrogen-bond donors (Lipinski definition) is 0. The summed E-state index contributed by atoms with van der Waals surface area (Å²) in [6.45, 7) is 2.93. The maximum Gasteiger partial charge on any atom is 0.223 e. The number of aryl methyl sites for hydroxylation is 1. The highest BCUT2D eigenvalue weighted by atomic mass is 32.1. The van der Waals surface area contributed by atoms with Crippen LogP contribution in [0, 0.1) is 11.3 Å². The van der Waals surface area contributed by atoms with Crippen LogP contribution in [0.25, 0.3) is 0 Å². The van der Waals surface area contributed by atoms with Crippen molar-refractivity contribution < 1.29 is 4.79 Å². The molecule has 0 aliphatic carbocycles. The Morgan fingerprint density at radius 3 is 2.83 bits per heavy atom. The van der Waals surface area contributed by atoms with Crippen molar-refractivity contribution >= 4 is 23.1 Å². The SMILES string of the molecule is N#Cc1ccnc(N2CCN(C(=O)CCc3ccsc3)CC2)c1. The number of hydrogen-bond acceptors (Lipinski definition) is 5. The molecule has 23 heavy (non-hydrogen) atoms. The normalized spacial score (nSPS) is 14.6. The molecule has 2 aromatic heterocycles. The minimum atomic E-state index is 0.217. The summed E-state index contributed by atoms with van der Waals surface area (Å²) in [7, 11) is 0. The molecule has 0 bridgehead atoms. The van der Waals surface area contributed by atoms with Gasteiger partial charge >= 0.3 is 0 Å². The maximum absolute atomic E-state index is 12.3. The Labute approximate surface area is 139 Å². The maximum atomic E-state index is 12.3. The van der Waals surface area contributed by atoms with E-state index in [4.69, 9.17) is 5.26 Å². The summed E-state index contributed by atoms with van der Waals surface area (Å²) in [6, 6.07) is 7.71. The van der Waals surface area contributed by atoms with Crippen LogP contribution < -0.4 is 4.90 Å². The lowest BCUT2D eigenvalue weighted by molar-refractivity contribution is -0.131. The lowest BCUT2D eigenvalue weighted by atomic mass is 10.1. The number of carbonyl (C=O) groups is 1. The zero-order valence-electron chi connectivity index (χ0n) is 12.8. The fourth-order valence-electron chi connectivity index (χ4n) is 2.69. The molecule has 2 aromatic rings. The molecule has 0 saturated carbocycles. The monoisotopic (exact) mass is 326 g/mol. The highest BCUT2D eigenvalue weighted by molar-refractivity contribution is 7.07. The van der Waals surface area contributed by atoms with Gasteiger partial charge in [-0.15, -0.1) is 0 Å². The van der Waals surface area contributed by atoms with Gasteiger partial charge in [0.2, 0.25) is 5.91 Å². The first-order chi connectivity index (χ1) is 11.3. The molecule has 1 aliphatic heterocycles. The van der Waals surface area contributed by atoms with Gasteiger partial charge in [0, 0.05) is 38.8 Å². The third kappa shape index (κ3) is 3.88. The van der Waals surface area contributed by atoms with Crippen molar-refractivity contribution in [3.63, 3.8) is 0 Å². The van der Waals surface area contributed by atoms with Crippen molar-refractivity contribution in [2.24, 2.45) is 0 Å². The summed E-state index contributed by atoms with van der Waals surface area (Å²) in [5, 5.41) is 13.1. The van der Waals surface area contributed by atoms with Gasteiger partial charge in [0.05, 0.1) is 11.6 Å². The van der Waals surface area contributed by atoms with Crippen molar-refractivity contribution in [2.45, 2.75) is 12.8 Å². The Bertz CT molecular complexity index is 700. The van der Waals surface area contributed by atoms with Crippen LogP contribution in [0.4, 0.5) is 5.82 Å². The van der Waals surface area contributed by atoms with Gasteiger partial charge in [0.25, 0.3) is 0 Å². The molecule has 1 aliphatic rings. The number of anilines is 1. The zero-order valence-corrected chi connectivity index (χ0v) is 13.6. The molecule has 6 heteroatoms. The molecule has 0 unspecified atom stereocenters. The highest BCUT2D eigenvalue weighted by Crippen LogP contribution is 2.16. The van der Waals surface area contributed by atoms with E-state index in [1.807, 2.05) is 10.3 Å². The molecular formula is C17H18N4OS. The standard InChI is InChI=1S/C17H18N4OS/c18-12-15-3-5-19-16(11-15)20-6-8-21(9-7-20)17(22)2-1-14-4-10-23-13-14/h3-5,10-11,13H,1-2,6-9H2. The summed E-state index contributed by atoms with van der Waals surface area (Å²) >= 11 is 1.67. The molecule has 3 rings (SSSR count). The van der Waals surface area contributed by atoms with Crippen LogP contribution in [-0.2, 0) is 11.2 Å². The van der Waals surface area contributed by atoms with Crippen LogP contribution in [0.1, 0.15) is 17.5 Å². The number of amides is 1. The number of pyridine rings is 1. The van der Waals surface area contributed by atoms with Gasteiger partial charge in [0.15, 0.2) is 0 Å². The van der Waals surface area contributed by atoms with Crippen molar-refractivity contribution in [1.82, 2.24) is 9.88 Å². The molecule has 5 nitrogen and oxygen atoms in total. The van der Waals surface area contributed by atoms with Gasteiger partial charge < -0.3 is 9.80 Å². The van der Waals surface area contributed by atoms with E-state index in [0.29, 0.717) is 25.1 Å². The first-order valence-electron chi connectivity index (χ1n) is 7.66. The molecular weight excluding hydrogens is 308 g/mol. The van der Waals surface area contributed by atoms with E-state index in [-0.39, 0.29) is 5.91 Å². The van der Waals surface area contributed by atoms with Crippen LogP contribution >= 0.6 is 11.3 Å². The van der Waals surface area contributed by atoms with E-state index < -0.39 is 0 Å². The zero-order chi connectivity index (χ0) is 16.1. The number of rotatable bonds is 4. The van der Waals surface area contributed by atoms with Crippen molar-refractivity contribution in [1.29, 1.82) is 5.26 Å². The van der Waals surface area contributed by atoms with Crippen LogP contribution in [-0.4, -0.2) is 42.0 Å². The Kier molecular flexibility index (Phi) is 4.89. The van der Waals surface area contributed by atoms with E-state index in [1.54, 1.807) is 29.7 Å². The number of nitrogens with zero attached hydrogens (tertiary/aromatic N) is 4. The van der Waals surface area contributed by atoms with Crippen LogP contribution in [0.2, 0.25) is 0 Å². The molecule has 1 amide bonds. The average Bonchev–Trinajstić information content (AvgIpc) is 3.13. The summed E-state index contributed by atoms with van der Waals surface area (Å²) in [5.41, 5.74) is 1.85. The lowest BCUT2D eigenvalue weighted by Crippen LogP contribution is -2.49. The second kappa shape index (κ2) is 7.25. The Hall–Kier alpha value is -2.39. The van der Waals surface area contributed by atoms with Crippen LogP contribution in [0.3, 0.4) is 0 Å². The predicted octanol–water partition coefficient (Wildman–Crippen LogP) is 2.30. The molecule has 3 heterocycles. The molecule has 1 fully saturated rings. The lowest BCUT2D eigenvalue weighted by Gasteiger charge is -2.35. The minimum absolute atomic E-state index is 0.217. The largest absolute Gasteiger partial charge is 0.353 e. The van der Waals surface area contributed by atoms with Gasteiger partial charge in [-0.25, -0.2) is 4.98 Å². The molecule has 0 N–H and O–H groups in total. The first-order valence-corrected chi connectivity index (χ1v) is 8.60. The average molecular weight is 326 g/mol. The van der Waals surface area contributed by atoms with E-state index in [1.165, 1.54) is 5.56 Å². The third-order valence-electron chi connectivity index (χ3n) is 4.04. The first kappa shape index (κ1) is 15.5. The molecule has 0 aromatic carbocycles. The molecule has 1 saturated heterocycles. The Morgan fingerprint density at radius 1 is 1.30 bits per heavy atom. The minimum Gasteiger partial charge on any atom is -0.353 e. The number of aromatic nitrogens is 1. The van der Waals surface area contributed by atoms with Gasteiger partial charge in [0.1, 0.15) is 5.82 Å². The predicted molar refractivity (Wildman–Crippen MR) is 90.4 cm³/mol.